The number of carbonyl (C=O) groups excluding carboxylic acids is 1. The first-order valence-corrected chi connectivity index (χ1v) is 10.3. The second-order valence-electron chi connectivity index (χ2n) is 7.00. The maximum Gasteiger partial charge on any atom is 0.176 e. The summed E-state index contributed by atoms with van der Waals surface area (Å²) < 4.78 is 5.29. The second kappa shape index (κ2) is 9.43. The Bertz CT molecular complexity index is 1080. The predicted octanol–water partition coefficient (Wildman–Crippen LogP) is 6.51. The Hall–Kier alpha value is -3.05. The van der Waals surface area contributed by atoms with Crippen LogP contribution in [0.2, 0.25) is 0 Å². The van der Waals surface area contributed by atoms with Gasteiger partial charge in [-0.25, -0.2) is 0 Å². The van der Waals surface area contributed by atoms with Crippen molar-refractivity contribution in [3.63, 3.8) is 0 Å². The number of nitrogens with one attached hydrogen (secondary N) is 1. The number of pyridine rings is 1. The standard InChI is InChI=1S/C24H25N3OS/c1-5-12-25-22(14-17(2)3)21-16-23(18(4)28)27-13-11-20(15-24(21)27)29-26-19-9-7-6-8-10-19/h5-17,26H,1H2,2-4H3/b22-14-,25-12?. The van der Waals surface area contributed by atoms with Gasteiger partial charge < -0.3 is 9.12 Å². The molecule has 29 heavy (non-hydrogen) atoms. The topological polar surface area (TPSA) is 45.9 Å². The maximum atomic E-state index is 12.2. The monoisotopic (exact) mass is 403 g/mol. The van der Waals surface area contributed by atoms with Crippen molar-refractivity contribution in [1.82, 2.24) is 4.40 Å². The molecule has 3 rings (SSSR count). The van der Waals surface area contributed by atoms with Crippen LogP contribution in [0.4, 0.5) is 5.69 Å². The normalized spacial score (nSPS) is 12.1. The Morgan fingerprint density at radius 1 is 1.21 bits per heavy atom. The van der Waals surface area contributed by atoms with Gasteiger partial charge in [-0.2, -0.15) is 0 Å². The molecule has 1 N–H and O–H groups in total. The zero-order chi connectivity index (χ0) is 20.8. The first kappa shape index (κ1) is 20.7. The number of hydrogen-bond donors (Lipinski definition) is 1. The molecule has 0 fully saturated rings. The number of ketones is 1. The van der Waals surface area contributed by atoms with E-state index < -0.39 is 0 Å². The minimum atomic E-state index is 0.0191. The summed E-state index contributed by atoms with van der Waals surface area (Å²) in [5, 5.41) is 0. The molecule has 0 radical (unpaired) electrons. The summed E-state index contributed by atoms with van der Waals surface area (Å²) >= 11 is 1.54. The number of benzene rings is 1. The average Bonchev–Trinajstić information content (AvgIpc) is 3.09. The number of nitrogens with zero attached hydrogens (tertiary/aromatic N) is 2. The van der Waals surface area contributed by atoms with Crippen molar-refractivity contribution >= 4 is 40.8 Å². The Labute approximate surface area is 176 Å². The largest absolute Gasteiger partial charge is 0.326 e. The second-order valence-corrected chi connectivity index (χ2v) is 7.88. The van der Waals surface area contributed by atoms with Gasteiger partial charge in [0.25, 0.3) is 0 Å². The fourth-order valence-corrected chi connectivity index (χ4v) is 3.66. The van der Waals surface area contributed by atoms with Crippen LogP contribution in [0.5, 0.6) is 0 Å². The molecule has 0 aliphatic rings. The van der Waals surface area contributed by atoms with E-state index in [4.69, 9.17) is 0 Å². The lowest BCUT2D eigenvalue weighted by molar-refractivity contribution is 0.101. The summed E-state index contributed by atoms with van der Waals surface area (Å²) in [4.78, 5) is 17.8. The maximum absolute atomic E-state index is 12.2. The number of aliphatic imine (C=N–C) groups is 1. The Kier molecular flexibility index (Phi) is 6.73. The number of allylic oxidation sites excluding steroid dienone is 2. The van der Waals surface area contributed by atoms with Gasteiger partial charge in [0, 0.05) is 35.5 Å². The number of Topliss-reactive ketones (excluding diaryl/α,β-unsaturated/α-hetero) is 1. The van der Waals surface area contributed by atoms with E-state index in [0.717, 1.165) is 27.4 Å². The lowest BCUT2D eigenvalue weighted by atomic mass is 10.1. The van der Waals surface area contributed by atoms with E-state index in [2.05, 4.69) is 42.3 Å². The van der Waals surface area contributed by atoms with Crippen LogP contribution in [0.1, 0.15) is 36.8 Å². The van der Waals surface area contributed by atoms with Gasteiger partial charge in [0.2, 0.25) is 0 Å². The third-order valence-electron chi connectivity index (χ3n) is 4.25. The molecule has 0 spiro atoms. The van der Waals surface area contributed by atoms with Crippen molar-refractivity contribution in [3.05, 3.63) is 84.7 Å². The first-order valence-electron chi connectivity index (χ1n) is 9.51. The van der Waals surface area contributed by atoms with Crippen molar-refractivity contribution in [2.75, 3.05) is 4.72 Å². The molecular formula is C24H25N3OS. The van der Waals surface area contributed by atoms with Gasteiger partial charge in [-0.05, 0) is 48.2 Å². The summed E-state index contributed by atoms with van der Waals surface area (Å²) in [6.45, 7) is 9.53. The molecule has 0 amide bonds. The van der Waals surface area contributed by atoms with Crippen LogP contribution in [0, 0.1) is 5.92 Å². The van der Waals surface area contributed by atoms with E-state index in [1.54, 1.807) is 19.2 Å². The molecule has 0 bridgehead atoms. The average molecular weight is 404 g/mol. The van der Waals surface area contributed by atoms with Crippen molar-refractivity contribution < 1.29 is 4.79 Å². The van der Waals surface area contributed by atoms with Crippen LogP contribution in [0.25, 0.3) is 11.2 Å². The third-order valence-corrected chi connectivity index (χ3v) is 5.08. The highest BCUT2D eigenvalue weighted by Gasteiger charge is 2.16. The van der Waals surface area contributed by atoms with Crippen LogP contribution in [-0.4, -0.2) is 16.4 Å². The third kappa shape index (κ3) is 5.06. The van der Waals surface area contributed by atoms with Gasteiger partial charge in [-0.1, -0.05) is 50.8 Å². The number of hydrogen-bond acceptors (Lipinski definition) is 4. The van der Waals surface area contributed by atoms with E-state index in [0.29, 0.717) is 11.6 Å². The van der Waals surface area contributed by atoms with Gasteiger partial charge in [0.05, 0.1) is 16.9 Å². The van der Waals surface area contributed by atoms with Crippen LogP contribution in [0.15, 0.2) is 83.3 Å². The molecule has 5 heteroatoms. The molecule has 1 aromatic carbocycles. The fourth-order valence-electron chi connectivity index (χ4n) is 2.99. The Morgan fingerprint density at radius 2 is 1.97 bits per heavy atom. The number of aromatic nitrogens is 1. The number of anilines is 1. The minimum absolute atomic E-state index is 0.0191. The van der Waals surface area contributed by atoms with Crippen LogP contribution >= 0.6 is 11.9 Å². The van der Waals surface area contributed by atoms with Crippen LogP contribution in [-0.2, 0) is 0 Å². The molecule has 3 aromatic rings. The molecular weight excluding hydrogens is 378 g/mol. The molecule has 148 valence electrons. The molecule has 0 saturated heterocycles. The Balaban J connectivity index is 2.06. The summed E-state index contributed by atoms with van der Waals surface area (Å²) in [6, 6.07) is 16.0. The molecule has 4 nitrogen and oxygen atoms in total. The zero-order valence-corrected chi connectivity index (χ0v) is 17.7. The zero-order valence-electron chi connectivity index (χ0n) is 16.9. The predicted molar refractivity (Wildman–Crippen MR) is 125 cm³/mol. The molecule has 0 unspecified atom stereocenters. The minimum Gasteiger partial charge on any atom is -0.326 e. The first-order chi connectivity index (χ1) is 14.0. The van der Waals surface area contributed by atoms with E-state index in [1.165, 1.54) is 11.9 Å². The van der Waals surface area contributed by atoms with Gasteiger partial charge >= 0.3 is 0 Å². The quantitative estimate of drug-likeness (QED) is 0.265. The molecule has 0 atom stereocenters. The number of carbonyl (C=O) groups is 1. The van der Waals surface area contributed by atoms with Gasteiger partial charge in [-0.3, -0.25) is 9.79 Å². The SMILES string of the molecule is C=CC=N/C(=C\C(C)C)c1cc(C(C)=O)n2ccc(SNc3ccccc3)cc12. The fraction of sp³-hybridized carbons (Fsp3) is 0.167. The van der Waals surface area contributed by atoms with Crippen molar-refractivity contribution in [1.29, 1.82) is 0 Å². The van der Waals surface area contributed by atoms with E-state index >= 15 is 0 Å². The highest BCUT2D eigenvalue weighted by Crippen LogP contribution is 2.30. The molecule has 0 saturated carbocycles. The Morgan fingerprint density at radius 3 is 2.62 bits per heavy atom. The molecule has 2 heterocycles. The lowest BCUT2D eigenvalue weighted by Gasteiger charge is -2.08. The van der Waals surface area contributed by atoms with Crippen LogP contribution < -0.4 is 4.72 Å². The summed E-state index contributed by atoms with van der Waals surface area (Å²) in [5.74, 6) is 0.339. The summed E-state index contributed by atoms with van der Waals surface area (Å²) in [7, 11) is 0. The number of para-hydroxylation sites is 1. The molecule has 2 aromatic heterocycles. The van der Waals surface area contributed by atoms with E-state index in [-0.39, 0.29) is 5.78 Å². The summed E-state index contributed by atoms with van der Waals surface area (Å²) in [6.07, 6.45) is 7.38. The highest BCUT2D eigenvalue weighted by atomic mass is 32.2. The molecule has 0 aliphatic heterocycles. The lowest BCUT2D eigenvalue weighted by Crippen LogP contribution is -1.98. The van der Waals surface area contributed by atoms with Crippen LogP contribution in [0.3, 0.4) is 0 Å². The summed E-state index contributed by atoms with van der Waals surface area (Å²) in [5.41, 5.74) is 4.40. The van der Waals surface area contributed by atoms with Crippen molar-refractivity contribution in [3.8, 4) is 0 Å². The smallest absolute Gasteiger partial charge is 0.176 e. The van der Waals surface area contributed by atoms with Gasteiger partial charge in [-0.15, -0.1) is 0 Å². The number of rotatable bonds is 8. The van der Waals surface area contributed by atoms with Crippen molar-refractivity contribution in [2.45, 2.75) is 25.7 Å². The number of fused-ring (bicyclic) bond motifs is 1. The van der Waals surface area contributed by atoms with Crippen molar-refractivity contribution in [2.24, 2.45) is 10.9 Å². The highest BCUT2D eigenvalue weighted by molar-refractivity contribution is 8.00. The van der Waals surface area contributed by atoms with E-state index in [1.807, 2.05) is 53.1 Å². The van der Waals surface area contributed by atoms with Gasteiger partial charge in [0.15, 0.2) is 5.78 Å². The molecule has 0 aliphatic carbocycles. The van der Waals surface area contributed by atoms with E-state index in [9.17, 15) is 4.79 Å². The van der Waals surface area contributed by atoms with Gasteiger partial charge in [0.1, 0.15) is 0 Å².